The lowest BCUT2D eigenvalue weighted by atomic mass is 10.0. The van der Waals surface area contributed by atoms with Crippen molar-refractivity contribution in [1.29, 1.82) is 0 Å². The number of likely N-dealkylation sites (tertiary alicyclic amines) is 1. The zero-order valence-corrected chi connectivity index (χ0v) is 13.1. The van der Waals surface area contributed by atoms with E-state index in [9.17, 15) is 4.79 Å². The molecule has 2 aliphatic rings. The van der Waals surface area contributed by atoms with Crippen molar-refractivity contribution in [3.05, 3.63) is 24.5 Å². The Morgan fingerprint density at radius 1 is 1.23 bits per heavy atom. The quantitative estimate of drug-likeness (QED) is 0.899. The summed E-state index contributed by atoms with van der Waals surface area (Å²) < 4.78 is 0. The number of pyridine rings is 1. The zero-order chi connectivity index (χ0) is 15.2. The lowest BCUT2D eigenvalue weighted by Crippen LogP contribution is -2.46. The average Bonchev–Trinajstić information content (AvgIpc) is 3.03. The van der Waals surface area contributed by atoms with Crippen molar-refractivity contribution in [2.45, 2.75) is 44.6 Å². The molecule has 2 amide bonds. The van der Waals surface area contributed by atoms with Gasteiger partial charge in [-0.2, -0.15) is 0 Å². The molecule has 5 heteroatoms. The van der Waals surface area contributed by atoms with Crippen molar-refractivity contribution >= 4 is 11.7 Å². The third-order valence-electron chi connectivity index (χ3n) is 4.83. The highest BCUT2D eigenvalue weighted by Crippen LogP contribution is 2.26. The Bertz CT molecular complexity index is 465. The number of urea groups is 1. The molecule has 1 aromatic rings. The first-order chi connectivity index (χ1) is 10.8. The fourth-order valence-corrected chi connectivity index (χ4v) is 3.61. The van der Waals surface area contributed by atoms with E-state index >= 15 is 0 Å². The molecule has 1 aliphatic heterocycles. The van der Waals surface area contributed by atoms with Crippen LogP contribution in [0.4, 0.5) is 10.5 Å². The molecule has 2 fully saturated rings. The van der Waals surface area contributed by atoms with Gasteiger partial charge in [-0.05, 0) is 43.7 Å². The Morgan fingerprint density at radius 3 is 2.68 bits per heavy atom. The predicted molar refractivity (Wildman–Crippen MR) is 87.8 cm³/mol. The topological polar surface area (TPSA) is 57.3 Å². The number of rotatable bonds is 4. The molecule has 120 valence electrons. The van der Waals surface area contributed by atoms with Crippen LogP contribution in [0, 0.1) is 5.92 Å². The van der Waals surface area contributed by atoms with E-state index in [4.69, 9.17) is 0 Å². The minimum Gasteiger partial charge on any atom is -0.335 e. The summed E-state index contributed by atoms with van der Waals surface area (Å²) in [6, 6.07) is 3.83. The highest BCUT2D eigenvalue weighted by Gasteiger charge is 2.24. The largest absolute Gasteiger partial charge is 0.335 e. The van der Waals surface area contributed by atoms with Gasteiger partial charge in [-0.1, -0.05) is 12.8 Å². The molecule has 0 bridgehead atoms. The first-order valence-electron chi connectivity index (χ1n) is 8.49. The first-order valence-corrected chi connectivity index (χ1v) is 8.49. The number of hydrogen-bond acceptors (Lipinski definition) is 3. The van der Waals surface area contributed by atoms with E-state index in [1.807, 2.05) is 12.1 Å². The molecule has 5 nitrogen and oxygen atoms in total. The third kappa shape index (κ3) is 4.44. The van der Waals surface area contributed by atoms with E-state index in [1.165, 1.54) is 32.2 Å². The third-order valence-corrected chi connectivity index (χ3v) is 4.83. The van der Waals surface area contributed by atoms with Crippen LogP contribution >= 0.6 is 0 Å². The first kappa shape index (κ1) is 15.3. The summed E-state index contributed by atoms with van der Waals surface area (Å²) in [5.74, 6) is 0.915. The molecule has 1 saturated carbocycles. The molecule has 0 radical (unpaired) electrons. The van der Waals surface area contributed by atoms with Gasteiger partial charge in [0.25, 0.3) is 0 Å². The van der Waals surface area contributed by atoms with Crippen LogP contribution in [-0.4, -0.2) is 41.6 Å². The van der Waals surface area contributed by atoms with Crippen LogP contribution in [0.3, 0.4) is 0 Å². The molecule has 2 N–H and O–H groups in total. The number of nitrogens with one attached hydrogen (secondary N) is 2. The second kappa shape index (κ2) is 7.58. The van der Waals surface area contributed by atoms with Crippen LogP contribution in [0.5, 0.6) is 0 Å². The Balaban J connectivity index is 1.37. The summed E-state index contributed by atoms with van der Waals surface area (Å²) in [5, 5.41) is 5.91. The van der Waals surface area contributed by atoms with Gasteiger partial charge in [-0.3, -0.25) is 4.98 Å². The normalized spacial score (nSPS) is 20.9. The maximum absolute atomic E-state index is 12.0. The number of nitrogens with zero attached hydrogens (tertiary/aromatic N) is 2. The van der Waals surface area contributed by atoms with Crippen molar-refractivity contribution in [3.8, 4) is 0 Å². The van der Waals surface area contributed by atoms with Crippen molar-refractivity contribution in [2.75, 3.05) is 25.0 Å². The van der Waals surface area contributed by atoms with Gasteiger partial charge in [0, 0.05) is 31.9 Å². The number of carbonyl (C=O) groups is 1. The number of hydrogen-bond donors (Lipinski definition) is 2. The van der Waals surface area contributed by atoms with Gasteiger partial charge in [-0.15, -0.1) is 0 Å². The van der Waals surface area contributed by atoms with Crippen molar-refractivity contribution in [1.82, 2.24) is 15.2 Å². The molecule has 0 unspecified atom stereocenters. The standard InChI is InChI=1S/C17H26N4O/c22-17(20-16-6-3-9-18-12-16)19-15-7-10-21(11-8-15)13-14-4-1-2-5-14/h3,6,9,12,14-15H,1-2,4-5,7-8,10-11,13H2,(H2,19,20,22). The molecule has 0 atom stereocenters. The second-order valence-corrected chi connectivity index (χ2v) is 6.57. The fraction of sp³-hybridized carbons (Fsp3) is 0.647. The Labute approximate surface area is 132 Å². The Morgan fingerprint density at radius 2 is 2.00 bits per heavy atom. The van der Waals surface area contributed by atoms with Gasteiger partial charge in [0.1, 0.15) is 0 Å². The summed E-state index contributed by atoms with van der Waals surface area (Å²) >= 11 is 0. The summed E-state index contributed by atoms with van der Waals surface area (Å²) in [4.78, 5) is 18.5. The summed E-state index contributed by atoms with van der Waals surface area (Å²) in [6.45, 7) is 3.47. The highest BCUT2D eigenvalue weighted by atomic mass is 16.2. The van der Waals surface area contributed by atoms with E-state index in [2.05, 4.69) is 20.5 Å². The molecule has 1 aromatic heterocycles. The molecule has 0 aromatic carbocycles. The minimum atomic E-state index is -0.123. The number of anilines is 1. The van der Waals surface area contributed by atoms with Crippen LogP contribution in [0.2, 0.25) is 0 Å². The molecule has 3 rings (SSSR count). The average molecular weight is 302 g/mol. The van der Waals surface area contributed by atoms with Crippen molar-refractivity contribution < 1.29 is 4.79 Å². The molecular formula is C17H26N4O. The monoisotopic (exact) mass is 302 g/mol. The molecule has 1 aliphatic carbocycles. The van der Waals surface area contributed by atoms with E-state index in [0.29, 0.717) is 0 Å². The van der Waals surface area contributed by atoms with Crippen LogP contribution in [0.15, 0.2) is 24.5 Å². The lowest BCUT2D eigenvalue weighted by Gasteiger charge is -2.33. The minimum absolute atomic E-state index is 0.123. The summed E-state index contributed by atoms with van der Waals surface area (Å²) in [6.07, 6.45) is 11.1. The van der Waals surface area contributed by atoms with Gasteiger partial charge in [0.15, 0.2) is 0 Å². The van der Waals surface area contributed by atoms with Crippen LogP contribution in [-0.2, 0) is 0 Å². The molecule has 22 heavy (non-hydrogen) atoms. The van der Waals surface area contributed by atoms with Gasteiger partial charge in [0.2, 0.25) is 0 Å². The molecule has 1 saturated heterocycles. The van der Waals surface area contributed by atoms with E-state index < -0.39 is 0 Å². The number of piperidine rings is 1. The molecule has 2 heterocycles. The van der Waals surface area contributed by atoms with Gasteiger partial charge >= 0.3 is 6.03 Å². The Hall–Kier alpha value is -1.62. The summed E-state index contributed by atoms with van der Waals surface area (Å²) in [5.41, 5.74) is 0.735. The smallest absolute Gasteiger partial charge is 0.319 e. The molecular weight excluding hydrogens is 276 g/mol. The van der Waals surface area contributed by atoms with Crippen LogP contribution in [0.25, 0.3) is 0 Å². The van der Waals surface area contributed by atoms with E-state index in [0.717, 1.165) is 37.5 Å². The lowest BCUT2D eigenvalue weighted by molar-refractivity contribution is 0.173. The zero-order valence-electron chi connectivity index (χ0n) is 13.1. The van der Waals surface area contributed by atoms with Crippen LogP contribution < -0.4 is 10.6 Å². The maximum atomic E-state index is 12.0. The fourth-order valence-electron chi connectivity index (χ4n) is 3.61. The van der Waals surface area contributed by atoms with Gasteiger partial charge in [0.05, 0.1) is 11.9 Å². The summed E-state index contributed by atoms with van der Waals surface area (Å²) in [7, 11) is 0. The Kier molecular flexibility index (Phi) is 5.27. The number of aromatic nitrogens is 1. The number of amides is 2. The van der Waals surface area contributed by atoms with Gasteiger partial charge < -0.3 is 15.5 Å². The maximum Gasteiger partial charge on any atom is 0.319 e. The predicted octanol–water partition coefficient (Wildman–Crippen LogP) is 2.86. The van der Waals surface area contributed by atoms with Gasteiger partial charge in [-0.25, -0.2) is 4.79 Å². The van der Waals surface area contributed by atoms with E-state index in [-0.39, 0.29) is 12.1 Å². The van der Waals surface area contributed by atoms with Crippen LogP contribution in [0.1, 0.15) is 38.5 Å². The number of carbonyl (C=O) groups excluding carboxylic acids is 1. The SMILES string of the molecule is O=C(Nc1cccnc1)NC1CCN(CC2CCCC2)CC1. The highest BCUT2D eigenvalue weighted by molar-refractivity contribution is 5.89. The second-order valence-electron chi connectivity index (χ2n) is 6.57. The van der Waals surface area contributed by atoms with Crippen molar-refractivity contribution in [3.63, 3.8) is 0 Å². The molecule has 0 spiro atoms. The van der Waals surface area contributed by atoms with Crippen molar-refractivity contribution in [2.24, 2.45) is 5.92 Å². The van der Waals surface area contributed by atoms with E-state index in [1.54, 1.807) is 12.4 Å².